The molecule has 0 bridgehead atoms. The number of carbonyl (C=O) groups excluding carboxylic acids is 2. The molecule has 0 N–H and O–H groups in total. The molecule has 0 saturated heterocycles. The molecule has 0 fully saturated rings. The maximum absolute atomic E-state index is 12.7. The summed E-state index contributed by atoms with van der Waals surface area (Å²) in [5.41, 5.74) is -0.214. The van der Waals surface area contributed by atoms with Crippen molar-refractivity contribution in [3.63, 3.8) is 0 Å². The zero-order valence-corrected chi connectivity index (χ0v) is 13.8. The molecule has 0 aromatic heterocycles. The van der Waals surface area contributed by atoms with Gasteiger partial charge in [0.05, 0.1) is 16.1 Å². The molecule has 9 nitrogen and oxygen atoms in total. The molecule has 2 aromatic carbocycles. The number of nitro benzene ring substituents is 1. The van der Waals surface area contributed by atoms with Gasteiger partial charge in [-0.1, -0.05) is 23.7 Å². The van der Waals surface area contributed by atoms with Gasteiger partial charge in [-0.25, -0.2) is 0 Å². The molecule has 26 heavy (non-hydrogen) atoms. The van der Waals surface area contributed by atoms with Crippen LogP contribution in [0.15, 0.2) is 42.5 Å². The first-order valence-electron chi connectivity index (χ1n) is 7.33. The number of benzene rings is 2. The van der Waals surface area contributed by atoms with Gasteiger partial charge in [-0.05, 0) is 23.8 Å². The average Bonchev–Trinajstić information content (AvgIpc) is 2.83. The van der Waals surface area contributed by atoms with Crippen molar-refractivity contribution in [3.8, 4) is 0 Å². The van der Waals surface area contributed by atoms with E-state index in [2.05, 4.69) is 0 Å². The van der Waals surface area contributed by atoms with Crippen LogP contribution in [0, 0.1) is 20.2 Å². The second kappa shape index (κ2) is 6.52. The quantitative estimate of drug-likeness (QED) is 0.449. The number of hydrogen-bond acceptors (Lipinski definition) is 6. The fourth-order valence-electron chi connectivity index (χ4n) is 2.84. The monoisotopic (exact) mass is 375 g/mol. The Morgan fingerprint density at radius 2 is 1.69 bits per heavy atom. The van der Waals surface area contributed by atoms with Gasteiger partial charge in [0, 0.05) is 22.1 Å². The number of hydrogen-bond donors (Lipinski definition) is 0. The zero-order valence-electron chi connectivity index (χ0n) is 13.0. The van der Waals surface area contributed by atoms with E-state index in [1.807, 2.05) is 0 Å². The van der Waals surface area contributed by atoms with E-state index >= 15 is 0 Å². The second-order valence-electron chi connectivity index (χ2n) is 5.55. The lowest BCUT2D eigenvalue weighted by molar-refractivity contribution is -0.486. The molecule has 1 aliphatic heterocycles. The predicted molar refractivity (Wildman–Crippen MR) is 89.7 cm³/mol. The summed E-state index contributed by atoms with van der Waals surface area (Å²) >= 11 is 5.92. The van der Waals surface area contributed by atoms with Crippen molar-refractivity contribution in [1.82, 2.24) is 4.90 Å². The molecule has 0 spiro atoms. The van der Waals surface area contributed by atoms with Crippen molar-refractivity contribution < 1.29 is 19.4 Å². The minimum atomic E-state index is -1.19. The summed E-state index contributed by atoms with van der Waals surface area (Å²) in [6, 6.07) is 8.15. The second-order valence-corrected chi connectivity index (χ2v) is 5.99. The largest absolute Gasteiger partial charge is 0.270 e. The molecule has 2 aromatic rings. The number of imide groups is 1. The van der Waals surface area contributed by atoms with Crippen LogP contribution in [0.2, 0.25) is 5.02 Å². The molecule has 1 unspecified atom stereocenters. The van der Waals surface area contributed by atoms with Gasteiger partial charge in [-0.2, -0.15) is 0 Å². The fraction of sp³-hybridized carbons (Fsp3) is 0.125. The van der Waals surface area contributed by atoms with Crippen molar-refractivity contribution in [3.05, 3.63) is 84.4 Å². The van der Waals surface area contributed by atoms with Crippen LogP contribution in [-0.4, -0.2) is 33.1 Å². The Morgan fingerprint density at radius 1 is 1.00 bits per heavy atom. The average molecular weight is 376 g/mol. The fourth-order valence-corrected chi connectivity index (χ4v) is 3.03. The Bertz CT molecular complexity index is 961. The van der Waals surface area contributed by atoms with Gasteiger partial charge in [0.1, 0.15) is 6.04 Å². The summed E-state index contributed by atoms with van der Waals surface area (Å²) in [6.07, 6.45) is 0. The van der Waals surface area contributed by atoms with Gasteiger partial charge in [-0.3, -0.25) is 34.7 Å². The van der Waals surface area contributed by atoms with Gasteiger partial charge in [0.15, 0.2) is 0 Å². The Morgan fingerprint density at radius 3 is 2.31 bits per heavy atom. The smallest absolute Gasteiger partial charge is 0.269 e. The van der Waals surface area contributed by atoms with Gasteiger partial charge >= 0.3 is 0 Å². The van der Waals surface area contributed by atoms with Crippen molar-refractivity contribution in [2.45, 2.75) is 6.04 Å². The third-order valence-corrected chi connectivity index (χ3v) is 4.21. The predicted octanol–water partition coefficient (Wildman–Crippen LogP) is 2.86. The normalized spacial score (nSPS) is 14.3. The summed E-state index contributed by atoms with van der Waals surface area (Å²) in [6.45, 7) is -0.714. The van der Waals surface area contributed by atoms with Crippen molar-refractivity contribution in [2.75, 3.05) is 6.54 Å². The third kappa shape index (κ3) is 3.00. The maximum Gasteiger partial charge on any atom is 0.270 e. The van der Waals surface area contributed by atoms with Crippen LogP contribution in [0.4, 0.5) is 5.69 Å². The number of fused-ring (bicyclic) bond motifs is 1. The van der Waals surface area contributed by atoms with Gasteiger partial charge in [0.25, 0.3) is 17.5 Å². The number of rotatable bonds is 5. The van der Waals surface area contributed by atoms with Crippen LogP contribution >= 0.6 is 11.6 Å². The minimum Gasteiger partial charge on any atom is -0.269 e. The first-order chi connectivity index (χ1) is 12.3. The first kappa shape index (κ1) is 17.5. The molecule has 1 aliphatic rings. The van der Waals surface area contributed by atoms with Crippen molar-refractivity contribution in [2.24, 2.45) is 0 Å². The van der Waals surface area contributed by atoms with Gasteiger partial charge in [-0.15, -0.1) is 0 Å². The van der Waals surface area contributed by atoms with Crippen LogP contribution in [0.3, 0.4) is 0 Å². The molecule has 3 rings (SSSR count). The number of halogens is 1. The summed E-state index contributed by atoms with van der Waals surface area (Å²) in [4.78, 5) is 46.8. The lowest BCUT2D eigenvalue weighted by atomic mass is 10.1. The highest BCUT2D eigenvalue weighted by molar-refractivity contribution is 6.30. The van der Waals surface area contributed by atoms with Crippen molar-refractivity contribution in [1.29, 1.82) is 0 Å². The highest BCUT2D eigenvalue weighted by Crippen LogP contribution is 2.34. The van der Waals surface area contributed by atoms with E-state index in [4.69, 9.17) is 11.6 Å². The summed E-state index contributed by atoms with van der Waals surface area (Å²) < 4.78 is 0. The molecular formula is C16H10ClN3O6. The number of carbonyl (C=O) groups is 2. The number of non-ortho nitro benzene ring substituents is 1. The standard InChI is InChI=1S/C16H10ClN3O6/c17-10-3-1-2-9(6-10)14(8-18(23)24)19-15(21)12-5-4-11(20(25)26)7-13(12)16(19)22/h1-7,14H,8H2. The first-order valence-corrected chi connectivity index (χ1v) is 7.71. The maximum atomic E-state index is 12.7. The number of amides is 2. The topological polar surface area (TPSA) is 124 Å². The van der Waals surface area contributed by atoms with E-state index in [0.717, 1.165) is 17.0 Å². The molecule has 2 amide bonds. The molecule has 10 heteroatoms. The van der Waals surface area contributed by atoms with Crippen LogP contribution in [0.1, 0.15) is 32.3 Å². The van der Waals surface area contributed by atoms with E-state index in [-0.39, 0.29) is 16.8 Å². The summed E-state index contributed by atoms with van der Waals surface area (Å²) in [7, 11) is 0. The van der Waals surface area contributed by atoms with Crippen LogP contribution in [0.25, 0.3) is 0 Å². The Hall–Kier alpha value is -3.33. The van der Waals surface area contributed by atoms with E-state index in [1.165, 1.54) is 18.2 Å². The molecule has 1 heterocycles. The van der Waals surface area contributed by atoms with E-state index in [9.17, 15) is 29.8 Å². The van der Waals surface area contributed by atoms with E-state index < -0.39 is 34.2 Å². The van der Waals surface area contributed by atoms with Gasteiger partial charge in [0.2, 0.25) is 6.54 Å². The molecule has 1 atom stereocenters. The lowest BCUT2D eigenvalue weighted by Gasteiger charge is -2.23. The third-order valence-electron chi connectivity index (χ3n) is 3.98. The molecule has 132 valence electrons. The Kier molecular flexibility index (Phi) is 4.39. The van der Waals surface area contributed by atoms with Crippen LogP contribution in [0.5, 0.6) is 0 Å². The zero-order chi connectivity index (χ0) is 19.0. The van der Waals surface area contributed by atoms with Crippen molar-refractivity contribution >= 4 is 29.1 Å². The Labute approximate surface area is 151 Å². The molecular weight excluding hydrogens is 366 g/mol. The lowest BCUT2D eigenvalue weighted by Crippen LogP contribution is -2.37. The van der Waals surface area contributed by atoms with E-state index in [1.54, 1.807) is 12.1 Å². The molecule has 0 aliphatic carbocycles. The minimum absolute atomic E-state index is 0.0315. The molecule has 0 saturated carbocycles. The summed E-state index contributed by atoms with van der Waals surface area (Å²) in [5.74, 6) is -1.56. The highest BCUT2D eigenvalue weighted by atomic mass is 35.5. The Balaban J connectivity index is 2.08. The van der Waals surface area contributed by atoms with Gasteiger partial charge < -0.3 is 0 Å². The van der Waals surface area contributed by atoms with Crippen LogP contribution in [-0.2, 0) is 0 Å². The summed E-state index contributed by atoms with van der Waals surface area (Å²) in [5, 5.41) is 22.3. The number of nitrogens with zero attached hydrogens (tertiary/aromatic N) is 3. The van der Waals surface area contributed by atoms with Crippen LogP contribution < -0.4 is 0 Å². The number of nitro groups is 2. The molecule has 0 radical (unpaired) electrons. The SMILES string of the molecule is O=C1c2ccc([N+](=O)[O-])cc2C(=O)N1C(C[N+](=O)[O-])c1cccc(Cl)c1. The van der Waals surface area contributed by atoms with E-state index in [0.29, 0.717) is 10.6 Å². The highest BCUT2D eigenvalue weighted by Gasteiger charge is 2.43.